The molecule has 1 heterocycles. The average molecular weight is 405 g/mol. The lowest BCUT2D eigenvalue weighted by molar-refractivity contribution is 0.117. The first-order chi connectivity index (χ1) is 13.4. The fourth-order valence-corrected chi connectivity index (χ4v) is 3.58. The van der Waals surface area contributed by atoms with Crippen LogP contribution in [0.3, 0.4) is 0 Å². The average Bonchev–Trinajstić information content (AvgIpc) is 2.70. The minimum Gasteiger partial charge on any atom is -0.486 e. The largest absolute Gasteiger partial charge is 0.486 e. The molecule has 0 aliphatic carbocycles. The van der Waals surface area contributed by atoms with Crippen molar-refractivity contribution in [2.45, 2.75) is 24.0 Å². The van der Waals surface area contributed by atoms with Crippen LogP contribution in [0.5, 0.6) is 11.5 Å². The van der Waals surface area contributed by atoms with Crippen molar-refractivity contribution in [3.63, 3.8) is 0 Å². The maximum absolute atomic E-state index is 12.3. The molecule has 0 fully saturated rings. The van der Waals surface area contributed by atoms with E-state index in [9.17, 15) is 13.5 Å². The molecule has 3 rings (SSSR count). The van der Waals surface area contributed by atoms with Crippen LogP contribution in [-0.4, -0.2) is 39.4 Å². The van der Waals surface area contributed by atoms with Crippen LogP contribution in [0.2, 0.25) is 0 Å². The van der Waals surface area contributed by atoms with Gasteiger partial charge in [0.15, 0.2) is 11.5 Å². The lowest BCUT2D eigenvalue weighted by Gasteiger charge is -2.22. The maximum Gasteiger partial charge on any atom is 0.296 e. The van der Waals surface area contributed by atoms with Gasteiger partial charge in [-0.1, -0.05) is 28.9 Å². The topological polar surface area (TPSA) is 131 Å². The number of azide groups is 1. The van der Waals surface area contributed by atoms with Gasteiger partial charge < -0.3 is 14.6 Å². The Morgan fingerprint density at radius 2 is 1.86 bits per heavy atom. The van der Waals surface area contributed by atoms with Gasteiger partial charge in [0.25, 0.3) is 10.1 Å². The third-order valence-corrected chi connectivity index (χ3v) is 5.47. The normalized spacial score (nSPS) is 15.4. The molecule has 1 aliphatic heterocycles. The first kappa shape index (κ1) is 20.0. The second-order valence-electron chi connectivity index (χ2n) is 6.17. The summed E-state index contributed by atoms with van der Waals surface area (Å²) in [6.45, 7) is 2.12. The van der Waals surface area contributed by atoms with E-state index in [1.165, 1.54) is 12.1 Å². The summed E-state index contributed by atoms with van der Waals surface area (Å²) in [6, 6.07) is 9.75. The Morgan fingerprint density at radius 1 is 1.18 bits per heavy atom. The second-order valence-corrected chi connectivity index (χ2v) is 7.79. The maximum atomic E-state index is 12.3. The zero-order valence-electron chi connectivity index (χ0n) is 15.1. The summed E-state index contributed by atoms with van der Waals surface area (Å²) in [5, 5.41) is 14.1. The molecule has 2 aromatic carbocycles. The number of rotatable bonds is 7. The number of aliphatic hydroxyl groups is 1. The Kier molecular flexibility index (Phi) is 6.05. The predicted molar refractivity (Wildman–Crippen MR) is 99.6 cm³/mol. The van der Waals surface area contributed by atoms with Crippen molar-refractivity contribution in [2.24, 2.45) is 5.11 Å². The van der Waals surface area contributed by atoms with Gasteiger partial charge in [0.2, 0.25) is 0 Å². The highest BCUT2D eigenvalue weighted by Gasteiger charge is 2.25. The van der Waals surface area contributed by atoms with Gasteiger partial charge in [-0.05, 0) is 42.3 Å². The first-order valence-corrected chi connectivity index (χ1v) is 9.89. The van der Waals surface area contributed by atoms with Gasteiger partial charge in [0.1, 0.15) is 13.2 Å². The van der Waals surface area contributed by atoms with E-state index in [2.05, 4.69) is 10.0 Å². The lowest BCUT2D eigenvalue weighted by atomic mass is 10.0. The molecular weight excluding hydrogens is 386 g/mol. The molecule has 0 aromatic heterocycles. The highest BCUT2D eigenvalue weighted by molar-refractivity contribution is 7.86. The van der Waals surface area contributed by atoms with E-state index >= 15 is 0 Å². The highest BCUT2D eigenvalue weighted by atomic mass is 32.2. The van der Waals surface area contributed by atoms with E-state index in [1.807, 2.05) is 6.92 Å². The highest BCUT2D eigenvalue weighted by Crippen LogP contribution is 2.34. The molecule has 0 bridgehead atoms. The fraction of sp³-hybridized carbons (Fsp3) is 0.333. The number of fused-ring (bicyclic) bond motifs is 1. The van der Waals surface area contributed by atoms with Gasteiger partial charge in [-0.3, -0.25) is 4.18 Å². The van der Waals surface area contributed by atoms with Crippen LogP contribution in [0.15, 0.2) is 52.5 Å². The SMILES string of the molecule is Cc1ccc(S(=O)(=O)OC[C@@H](N=[N+]=[N-])[C@H](O)c2ccc3c(c2)OCCO3)cc1. The van der Waals surface area contributed by atoms with Crippen LogP contribution in [-0.2, 0) is 14.3 Å². The second kappa shape index (κ2) is 8.49. The molecule has 0 spiro atoms. The minimum atomic E-state index is -4.06. The summed E-state index contributed by atoms with van der Waals surface area (Å²) < 4.78 is 40.6. The van der Waals surface area contributed by atoms with Gasteiger partial charge in [0.05, 0.1) is 23.6 Å². The molecule has 0 saturated carbocycles. The van der Waals surface area contributed by atoms with Crippen molar-refractivity contribution in [3.8, 4) is 11.5 Å². The Hall–Kier alpha value is -2.78. The van der Waals surface area contributed by atoms with E-state index in [-0.39, 0.29) is 4.90 Å². The van der Waals surface area contributed by atoms with Gasteiger partial charge in [-0.15, -0.1) is 0 Å². The molecule has 2 atom stereocenters. The van der Waals surface area contributed by atoms with Crippen LogP contribution in [0, 0.1) is 6.92 Å². The molecule has 0 unspecified atom stereocenters. The van der Waals surface area contributed by atoms with Crippen LogP contribution >= 0.6 is 0 Å². The Morgan fingerprint density at radius 3 is 2.54 bits per heavy atom. The molecule has 0 saturated heterocycles. The monoisotopic (exact) mass is 405 g/mol. The fourth-order valence-electron chi connectivity index (χ4n) is 2.65. The molecule has 0 radical (unpaired) electrons. The molecule has 1 N–H and O–H groups in total. The van der Waals surface area contributed by atoms with E-state index in [0.29, 0.717) is 30.3 Å². The Balaban J connectivity index is 1.76. The summed E-state index contributed by atoms with van der Waals surface area (Å²) in [7, 11) is -4.06. The van der Waals surface area contributed by atoms with Gasteiger partial charge >= 0.3 is 0 Å². The number of benzene rings is 2. The van der Waals surface area contributed by atoms with Gasteiger partial charge in [0, 0.05) is 4.91 Å². The van der Waals surface area contributed by atoms with Crippen molar-refractivity contribution >= 4 is 10.1 Å². The Bertz CT molecular complexity index is 987. The third-order valence-electron chi connectivity index (χ3n) is 4.18. The smallest absolute Gasteiger partial charge is 0.296 e. The molecule has 28 heavy (non-hydrogen) atoms. The van der Waals surface area contributed by atoms with Gasteiger partial charge in [-0.25, -0.2) is 0 Å². The van der Waals surface area contributed by atoms with Crippen molar-refractivity contribution in [1.29, 1.82) is 0 Å². The minimum absolute atomic E-state index is 0.0217. The van der Waals surface area contributed by atoms with Crippen LogP contribution < -0.4 is 9.47 Å². The quantitative estimate of drug-likeness (QED) is 0.326. The molecule has 148 valence electrons. The van der Waals surface area contributed by atoms with Crippen molar-refractivity contribution in [3.05, 3.63) is 64.0 Å². The van der Waals surface area contributed by atoms with Gasteiger partial charge in [-0.2, -0.15) is 8.42 Å². The van der Waals surface area contributed by atoms with E-state index in [4.69, 9.17) is 19.2 Å². The first-order valence-electron chi connectivity index (χ1n) is 8.48. The van der Waals surface area contributed by atoms with Crippen molar-refractivity contribution in [2.75, 3.05) is 19.8 Å². The molecule has 10 heteroatoms. The summed E-state index contributed by atoms with van der Waals surface area (Å²) in [4.78, 5) is 2.67. The summed E-state index contributed by atoms with van der Waals surface area (Å²) in [5.74, 6) is 0.997. The van der Waals surface area contributed by atoms with E-state index in [0.717, 1.165) is 5.56 Å². The zero-order valence-corrected chi connectivity index (χ0v) is 15.9. The number of hydrogen-bond donors (Lipinski definition) is 1. The Labute approximate surface area is 162 Å². The molecule has 2 aromatic rings. The van der Waals surface area contributed by atoms with Crippen LogP contribution in [0.25, 0.3) is 10.4 Å². The molecule has 0 amide bonds. The molecule has 1 aliphatic rings. The van der Waals surface area contributed by atoms with Crippen molar-refractivity contribution < 1.29 is 27.2 Å². The van der Waals surface area contributed by atoms with E-state index < -0.39 is 28.9 Å². The summed E-state index contributed by atoms with van der Waals surface area (Å²) >= 11 is 0. The third kappa shape index (κ3) is 4.55. The number of aryl methyl sites for hydroxylation is 1. The van der Waals surface area contributed by atoms with Crippen LogP contribution in [0.1, 0.15) is 17.2 Å². The van der Waals surface area contributed by atoms with Crippen LogP contribution in [0.4, 0.5) is 0 Å². The zero-order chi connectivity index (χ0) is 20.1. The predicted octanol–water partition coefficient (Wildman–Crippen LogP) is 2.88. The lowest BCUT2D eigenvalue weighted by Crippen LogP contribution is -2.24. The number of aliphatic hydroxyl groups excluding tert-OH is 1. The number of ether oxygens (including phenoxy) is 2. The molecule has 9 nitrogen and oxygen atoms in total. The molecular formula is C18H19N3O6S. The van der Waals surface area contributed by atoms with Crippen molar-refractivity contribution in [1.82, 2.24) is 0 Å². The number of hydrogen-bond acceptors (Lipinski definition) is 7. The van der Waals surface area contributed by atoms with E-state index in [1.54, 1.807) is 30.3 Å². The summed E-state index contributed by atoms with van der Waals surface area (Å²) in [5.41, 5.74) is 10.1. The number of nitrogens with zero attached hydrogens (tertiary/aromatic N) is 3. The standard InChI is InChI=1S/C18H19N3O6S/c1-12-2-5-14(6-3-12)28(23,24)27-11-15(20-21-19)18(22)13-4-7-16-17(10-13)26-9-8-25-16/h2-7,10,15,18,22H,8-9,11H2,1H3/t15-,18-/m1/s1. The summed E-state index contributed by atoms with van der Waals surface area (Å²) in [6.07, 6.45) is -1.29.